The van der Waals surface area contributed by atoms with Gasteiger partial charge in [0.05, 0.1) is 18.0 Å². The van der Waals surface area contributed by atoms with Crippen molar-refractivity contribution in [2.75, 3.05) is 11.9 Å². The number of nitrogens with zero attached hydrogens (tertiary/aromatic N) is 3. The third-order valence-corrected chi connectivity index (χ3v) is 6.21. The fraction of sp³-hybridized carbons (Fsp3) is 0.381. The van der Waals surface area contributed by atoms with E-state index in [1.54, 1.807) is 0 Å². The number of rotatable bonds is 4. The summed E-state index contributed by atoms with van der Waals surface area (Å²) in [5, 5.41) is 10.2. The number of hydrogen-bond acceptors (Lipinski definition) is 5. The highest BCUT2D eigenvalue weighted by molar-refractivity contribution is 7.14. The maximum absolute atomic E-state index is 13.0. The van der Waals surface area contributed by atoms with Crippen molar-refractivity contribution in [2.24, 2.45) is 0 Å². The van der Waals surface area contributed by atoms with Crippen molar-refractivity contribution in [3.63, 3.8) is 0 Å². The SMILES string of the molecule is CCn1nc2c(c1C(=O)Nc1nc(-c3ccc4c(c3)CCO4)cs1)CCCC2. The Bertz CT molecular complexity index is 1050. The maximum atomic E-state index is 13.0. The van der Waals surface area contributed by atoms with Crippen LogP contribution in [0.1, 0.15) is 47.1 Å². The summed E-state index contributed by atoms with van der Waals surface area (Å²) < 4.78 is 7.41. The van der Waals surface area contributed by atoms with Gasteiger partial charge in [-0.1, -0.05) is 0 Å². The summed E-state index contributed by atoms with van der Waals surface area (Å²) in [5.41, 5.74) is 6.04. The minimum Gasteiger partial charge on any atom is -0.493 e. The summed E-state index contributed by atoms with van der Waals surface area (Å²) in [6.45, 7) is 3.46. The summed E-state index contributed by atoms with van der Waals surface area (Å²) in [6.07, 6.45) is 5.09. The lowest BCUT2D eigenvalue weighted by atomic mass is 9.95. The lowest BCUT2D eigenvalue weighted by Gasteiger charge is -2.11. The monoisotopic (exact) mass is 394 g/mol. The second-order valence-electron chi connectivity index (χ2n) is 7.21. The number of fused-ring (bicyclic) bond motifs is 2. The number of carbonyl (C=O) groups is 1. The standard InChI is InChI=1S/C21H22N4O2S/c1-2-25-19(15-5-3-4-6-16(15)24-25)20(26)23-21-22-17(12-28-21)13-7-8-18-14(11-13)9-10-27-18/h7-8,11-12H,2-6,9-10H2,1H3,(H,22,23,26). The van der Waals surface area contributed by atoms with Gasteiger partial charge in [-0.2, -0.15) is 5.10 Å². The molecular weight excluding hydrogens is 372 g/mol. The number of thiazole rings is 1. The van der Waals surface area contributed by atoms with E-state index in [1.165, 1.54) is 16.9 Å². The summed E-state index contributed by atoms with van der Waals surface area (Å²) >= 11 is 1.45. The first-order chi connectivity index (χ1) is 13.7. The molecule has 1 aliphatic heterocycles. The topological polar surface area (TPSA) is 69.0 Å². The van der Waals surface area contributed by atoms with Gasteiger partial charge in [0.25, 0.3) is 5.91 Å². The molecule has 0 unspecified atom stereocenters. The normalized spacial score (nSPS) is 15.0. The first-order valence-electron chi connectivity index (χ1n) is 9.84. The van der Waals surface area contributed by atoms with Gasteiger partial charge in [0, 0.05) is 29.5 Å². The zero-order chi connectivity index (χ0) is 19.1. The van der Waals surface area contributed by atoms with Crippen LogP contribution in [0.2, 0.25) is 0 Å². The van der Waals surface area contributed by atoms with E-state index in [-0.39, 0.29) is 5.91 Å². The summed E-state index contributed by atoms with van der Waals surface area (Å²) in [7, 11) is 0. The van der Waals surface area contributed by atoms with Crippen molar-refractivity contribution >= 4 is 22.4 Å². The van der Waals surface area contributed by atoms with E-state index in [9.17, 15) is 4.79 Å². The molecular formula is C21H22N4O2S. The molecule has 6 nitrogen and oxygen atoms in total. The number of aromatic nitrogens is 3. The van der Waals surface area contributed by atoms with Crippen molar-refractivity contribution in [2.45, 2.75) is 45.6 Å². The number of amides is 1. The van der Waals surface area contributed by atoms with E-state index < -0.39 is 0 Å². The Morgan fingerprint density at radius 3 is 3.07 bits per heavy atom. The summed E-state index contributed by atoms with van der Waals surface area (Å²) in [4.78, 5) is 17.6. The molecule has 144 valence electrons. The molecule has 7 heteroatoms. The average molecular weight is 395 g/mol. The number of hydrogen-bond donors (Lipinski definition) is 1. The molecule has 3 heterocycles. The van der Waals surface area contributed by atoms with Crippen LogP contribution in [0.15, 0.2) is 23.6 Å². The lowest BCUT2D eigenvalue weighted by Crippen LogP contribution is -2.19. The predicted octanol–water partition coefficient (Wildman–Crippen LogP) is 4.09. The number of ether oxygens (including phenoxy) is 1. The predicted molar refractivity (Wildman–Crippen MR) is 109 cm³/mol. The molecule has 1 amide bonds. The highest BCUT2D eigenvalue weighted by atomic mass is 32.1. The Hall–Kier alpha value is -2.67. The van der Waals surface area contributed by atoms with Crippen molar-refractivity contribution in [1.29, 1.82) is 0 Å². The molecule has 5 rings (SSSR count). The van der Waals surface area contributed by atoms with Gasteiger partial charge >= 0.3 is 0 Å². The molecule has 28 heavy (non-hydrogen) atoms. The van der Waals surface area contributed by atoms with Crippen LogP contribution in [0.3, 0.4) is 0 Å². The van der Waals surface area contributed by atoms with Crippen LogP contribution < -0.4 is 10.1 Å². The Kier molecular flexibility index (Phi) is 4.39. The zero-order valence-electron chi connectivity index (χ0n) is 15.8. The van der Waals surface area contributed by atoms with E-state index >= 15 is 0 Å². The average Bonchev–Trinajstić information content (AvgIpc) is 3.44. The van der Waals surface area contributed by atoms with Gasteiger partial charge in [-0.05, 0) is 56.4 Å². The number of anilines is 1. The third-order valence-electron chi connectivity index (χ3n) is 5.45. The molecule has 0 bridgehead atoms. The fourth-order valence-electron chi connectivity index (χ4n) is 4.06. The fourth-order valence-corrected chi connectivity index (χ4v) is 4.77. The van der Waals surface area contributed by atoms with E-state index in [4.69, 9.17) is 4.74 Å². The molecule has 1 aromatic carbocycles. The van der Waals surface area contributed by atoms with Gasteiger partial charge in [0.15, 0.2) is 5.13 Å². The van der Waals surface area contributed by atoms with Crippen molar-refractivity contribution < 1.29 is 9.53 Å². The molecule has 2 aliphatic rings. The molecule has 0 atom stereocenters. The van der Waals surface area contributed by atoms with Crippen LogP contribution in [0.5, 0.6) is 5.75 Å². The highest BCUT2D eigenvalue weighted by Gasteiger charge is 2.25. The maximum Gasteiger partial charge on any atom is 0.276 e. The highest BCUT2D eigenvalue weighted by Crippen LogP contribution is 2.32. The molecule has 0 radical (unpaired) electrons. The Morgan fingerprint density at radius 1 is 1.29 bits per heavy atom. The minimum absolute atomic E-state index is 0.110. The van der Waals surface area contributed by atoms with Gasteiger partial charge in [-0.15, -0.1) is 11.3 Å². The first kappa shape index (κ1) is 17.4. The molecule has 0 saturated carbocycles. The molecule has 2 aromatic heterocycles. The van der Waals surface area contributed by atoms with Crippen molar-refractivity contribution in [3.8, 4) is 17.0 Å². The molecule has 3 aromatic rings. The van der Waals surface area contributed by atoms with Gasteiger partial charge in [0.2, 0.25) is 0 Å². The molecule has 0 saturated heterocycles. The van der Waals surface area contributed by atoms with Crippen LogP contribution in [0.4, 0.5) is 5.13 Å². The quantitative estimate of drug-likeness (QED) is 0.724. The minimum atomic E-state index is -0.110. The van der Waals surface area contributed by atoms with Gasteiger partial charge in [-0.3, -0.25) is 14.8 Å². The van der Waals surface area contributed by atoms with Crippen LogP contribution in [0, 0.1) is 0 Å². The van der Waals surface area contributed by atoms with Crippen molar-refractivity contribution in [3.05, 3.63) is 46.1 Å². The molecule has 1 aliphatic carbocycles. The largest absolute Gasteiger partial charge is 0.493 e. The van der Waals surface area contributed by atoms with Gasteiger partial charge < -0.3 is 4.74 Å². The van der Waals surface area contributed by atoms with E-state index in [0.29, 0.717) is 17.4 Å². The molecule has 0 spiro atoms. The lowest BCUT2D eigenvalue weighted by molar-refractivity contribution is 0.101. The van der Waals surface area contributed by atoms with E-state index in [1.807, 2.05) is 29.1 Å². The van der Waals surface area contributed by atoms with Crippen molar-refractivity contribution in [1.82, 2.24) is 14.8 Å². The van der Waals surface area contributed by atoms with Gasteiger partial charge in [0.1, 0.15) is 11.4 Å². The summed E-state index contributed by atoms with van der Waals surface area (Å²) in [6, 6.07) is 6.15. The summed E-state index contributed by atoms with van der Waals surface area (Å²) in [5.74, 6) is 0.853. The third kappa shape index (κ3) is 2.99. The van der Waals surface area contributed by atoms with Gasteiger partial charge in [-0.25, -0.2) is 4.98 Å². The van der Waals surface area contributed by atoms with E-state index in [2.05, 4.69) is 21.5 Å². The Labute approximate surface area is 167 Å². The van der Waals surface area contributed by atoms with Crippen LogP contribution >= 0.6 is 11.3 Å². The Balaban J connectivity index is 1.39. The number of carbonyl (C=O) groups excluding carboxylic acids is 1. The second-order valence-corrected chi connectivity index (χ2v) is 8.07. The van der Waals surface area contributed by atoms with Crippen LogP contribution in [-0.2, 0) is 25.8 Å². The molecule has 0 fully saturated rings. The number of benzene rings is 1. The molecule has 1 N–H and O–H groups in total. The zero-order valence-corrected chi connectivity index (χ0v) is 16.6. The van der Waals surface area contributed by atoms with Crippen LogP contribution in [0.25, 0.3) is 11.3 Å². The van der Waals surface area contributed by atoms with Crippen LogP contribution in [-0.4, -0.2) is 27.3 Å². The first-order valence-corrected chi connectivity index (χ1v) is 10.7. The van der Waals surface area contributed by atoms with E-state index in [0.717, 1.165) is 67.0 Å². The smallest absolute Gasteiger partial charge is 0.276 e. The number of nitrogens with one attached hydrogen (secondary N) is 1. The number of aryl methyl sites for hydroxylation is 2. The Morgan fingerprint density at radius 2 is 2.18 bits per heavy atom. The second kappa shape index (κ2) is 7.05.